The Balaban J connectivity index is 2.69. The Kier molecular flexibility index (Phi) is 3.98. The van der Waals surface area contributed by atoms with E-state index in [2.05, 4.69) is 13.8 Å². The molecular formula is C15H22ClNO2. The van der Waals surface area contributed by atoms with Crippen LogP contribution in [0.15, 0.2) is 6.07 Å². The molecule has 0 bridgehead atoms. The summed E-state index contributed by atoms with van der Waals surface area (Å²) in [5, 5.41) is 0.565. The van der Waals surface area contributed by atoms with Crippen molar-refractivity contribution in [2.45, 2.75) is 44.6 Å². The summed E-state index contributed by atoms with van der Waals surface area (Å²) >= 11 is 6.32. The Morgan fingerprint density at radius 1 is 1.21 bits per heavy atom. The van der Waals surface area contributed by atoms with Crippen molar-refractivity contribution in [1.82, 2.24) is 0 Å². The van der Waals surface area contributed by atoms with Gasteiger partial charge >= 0.3 is 0 Å². The van der Waals surface area contributed by atoms with Crippen molar-refractivity contribution in [2.24, 2.45) is 5.73 Å². The minimum Gasteiger partial charge on any atom is -0.492 e. The SMILES string of the molecule is COc1c(Cl)cc(C2(N)CCC2)c(C(C)C)c1OC. The minimum atomic E-state index is -0.261. The summed E-state index contributed by atoms with van der Waals surface area (Å²) < 4.78 is 10.9. The zero-order valence-corrected chi connectivity index (χ0v) is 12.8. The van der Waals surface area contributed by atoms with E-state index < -0.39 is 0 Å². The number of hydrogen-bond donors (Lipinski definition) is 1. The van der Waals surface area contributed by atoms with Gasteiger partial charge in [0.25, 0.3) is 0 Å². The largest absolute Gasteiger partial charge is 0.492 e. The smallest absolute Gasteiger partial charge is 0.179 e. The predicted molar refractivity (Wildman–Crippen MR) is 78.4 cm³/mol. The van der Waals surface area contributed by atoms with Crippen LogP contribution in [0.2, 0.25) is 5.02 Å². The molecule has 0 aromatic heterocycles. The topological polar surface area (TPSA) is 44.5 Å². The zero-order valence-electron chi connectivity index (χ0n) is 12.0. The standard InChI is InChI=1S/C15H22ClNO2/c1-9(2)12-10(15(17)6-5-7-15)8-11(16)13(18-3)14(12)19-4/h8-9H,5-7,17H2,1-4H3. The van der Waals surface area contributed by atoms with Gasteiger partial charge in [-0.1, -0.05) is 25.4 Å². The van der Waals surface area contributed by atoms with E-state index in [1.807, 2.05) is 6.07 Å². The Bertz CT molecular complexity index is 482. The lowest BCUT2D eigenvalue weighted by molar-refractivity contribution is 0.248. The number of rotatable bonds is 4. The highest BCUT2D eigenvalue weighted by Gasteiger charge is 2.38. The van der Waals surface area contributed by atoms with Crippen LogP contribution in [0, 0.1) is 0 Å². The summed E-state index contributed by atoms with van der Waals surface area (Å²) in [6, 6.07) is 1.96. The fourth-order valence-electron chi connectivity index (χ4n) is 2.83. The molecule has 0 aliphatic heterocycles. The number of hydrogen-bond acceptors (Lipinski definition) is 3. The average molecular weight is 284 g/mol. The summed E-state index contributed by atoms with van der Waals surface area (Å²) in [7, 11) is 3.25. The summed E-state index contributed by atoms with van der Waals surface area (Å²) in [6.45, 7) is 4.27. The third kappa shape index (κ3) is 2.30. The number of benzene rings is 1. The lowest BCUT2D eigenvalue weighted by atomic mass is 9.70. The molecule has 0 atom stereocenters. The number of ether oxygens (including phenoxy) is 2. The van der Waals surface area contributed by atoms with Gasteiger partial charge in [0.05, 0.1) is 19.2 Å². The molecule has 0 heterocycles. The van der Waals surface area contributed by atoms with Crippen molar-refractivity contribution >= 4 is 11.6 Å². The number of nitrogens with two attached hydrogens (primary N) is 1. The summed E-state index contributed by atoms with van der Waals surface area (Å²) in [5.41, 5.74) is 8.46. The second-order valence-electron chi connectivity index (χ2n) is 5.55. The fourth-order valence-corrected chi connectivity index (χ4v) is 3.10. The van der Waals surface area contributed by atoms with Crippen LogP contribution in [0.1, 0.15) is 50.2 Å². The van der Waals surface area contributed by atoms with Crippen LogP contribution >= 0.6 is 11.6 Å². The van der Waals surface area contributed by atoms with Crippen molar-refractivity contribution in [1.29, 1.82) is 0 Å². The third-order valence-corrected chi connectivity index (χ3v) is 4.28. The molecule has 1 aliphatic carbocycles. The van der Waals surface area contributed by atoms with Gasteiger partial charge in [0.1, 0.15) is 0 Å². The molecule has 0 radical (unpaired) electrons. The van der Waals surface area contributed by atoms with Gasteiger partial charge in [0.2, 0.25) is 0 Å². The highest BCUT2D eigenvalue weighted by Crippen LogP contribution is 2.50. The maximum atomic E-state index is 6.49. The normalized spacial score (nSPS) is 17.2. The maximum Gasteiger partial charge on any atom is 0.179 e. The second-order valence-corrected chi connectivity index (χ2v) is 5.96. The van der Waals surface area contributed by atoms with Crippen molar-refractivity contribution in [3.05, 3.63) is 22.2 Å². The van der Waals surface area contributed by atoms with E-state index in [9.17, 15) is 0 Å². The molecule has 106 valence electrons. The van der Waals surface area contributed by atoms with Crippen LogP contribution in [-0.4, -0.2) is 14.2 Å². The van der Waals surface area contributed by atoms with Gasteiger partial charge in [-0.3, -0.25) is 0 Å². The molecular weight excluding hydrogens is 262 g/mol. The Morgan fingerprint density at radius 2 is 1.79 bits per heavy atom. The molecule has 1 aliphatic rings. The molecule has 3 nitrogen and oxygen atoms in total. The van der Waals surface area contributed by atoms with Crippen molar-refractivity contribution in [3.63, 3.8) is 0 Å². The minimum absolute atomic E-state index is 0.261. The predicted octanol–water partition coefficient (Wildman–Crippen LogP) is 3.82. The number of halogens is 1. The van der Waals surface area contributed by atoms with Gasteiger partial charge in [0, 0.05) is 11.1 Å². The van der Waals surface area contributed by atoms with E-state index in [0.717, 1.165) is 29.7 Å². The first-order valence-electron chi connectivity index (χ1n) is 6.68. The first-order valence-corrected chi connectivity index (χ1v) is 7.06. The second kappa shape index (κ2) is 5.22. The molecule has 0 spiro atoms. The van der Waals surface area contributed by atoms with Gasteiger partial charge in [0.15, 0.2) is 11.5 Å². The van der Waals surface area contributed by atoms with Crippen LogP contribution in [0.3, 0.4) is 0 Å². The maximum absolute atomic E-state index is 6.49. The molecule has 0 amide bonds. The zero-order chi connectivity index (χ0) is 14.2. The molecule has 1 aromatic carbocycles. The van der Waals surface area contributed by atoms with Crippen LogP contribution in [0.25, 0.3) is 0 Å². The third-order valence-electron chi connectivity index (χ3n) is 4.00. The van der Waals surface area contributed by atoms with Crippen LogP contribution in [0.5, 0.6) is 11.5 Å². The first-order chi connectivity index (χ1) is 8.94. The Morgan fingerprint density at radius 3 is 2.16 bits per heavy atom. The van der Waals surface area contributed by atoms with Crippen LogP contribution < -0.4 is 15.2 Å². The monoisotopic (exact) mass is 283 g/mol. The summed E-state index contributed by atoms with van der Waals surface area (Å²) in [6.07, 6.45) is 3.16. The Hall–Kier alpha value is -0.930. The highest BCUT2D eigenvalue weighted by atomic mass is 35.5. The van der Waals surface area contributed by atoms with Gasteiger partial charge in [-0.05, 0) is 36.8 Å². The van der Waals surface area contributed by atoms with Crippen molar-refractivity contribution in [3.8, 4) is 11.5 Å². The van der Waals surface area contributed by atoms with E-state index in [-0.39, 0.29) is 5.54 Å². The molecule has 1 aromatic rings. The molecule has 0 unspecified atom stereocenters. The lowest BCUT2D eigenvalue weighted by Gasteiger charge is -2.41. The molecule has 1 fully saturated rings. The van der Waals surface area contributed by atoms with E-state index in [4.69, 9.17) is 26.8 Å². The van der Waals surface area contributed by atoms with Gasteiger partial charge in [-0.15, -0.1) is 0 Å². The molecule has 2 rings (SSSR count). The molecule has 1 saturated carbocycles. The van der Waals surface area contributed by atoms with E-state index in [1.54, 1.807) is 14.2 Å². The quantitative estimate of drug-likeness (QED) is 0.914. The van der Waals surface area contributed by atoms with E-state index in [0.29, 0.717) is 16.7 Å². The van der Waals surface area contributed by atoms with E-state index >= 15 is 0 Å². The summed E-state index contributed by atoms with van der Waals surface area (Å²) in [4.78, 5) is 0. The fraction of sp³-hybridized carbons (Fsp3) is 0.600. The molecule has 4 heteroatoms. The van der Waals surface area contributed by atoms with Crippen molar-refractivity contribution < 1.29 is 9.47 Å². The van der Waals surface area contributed by atoms with Crippen LogP contribution in [-0.2, 0) is 5.54 Å². The molecule has 19 heavy (non-hydrogen) atoms. The van der Waals surface area contributed by atoms with Crippen molar-refractivity contribution in [2.75, 3.05) is 14.2 Å². The van der Waals surface area contributed by atoms with Crippen LogP contribution in [0.4, 0.5) is 0 Å². The van der Waals surface area contributed by atoms with E-state index in [1.165, 1.54) is 6.42 Å². The molecule has 0 saturated heterocycles. The molecule has 2 N–H and O–H groups in total. The first kappa shape index (κ1) is 14.5. The van der Waals surface area contributed by atoms with Gasteiger partial charge in [-0.25, -0.2) is 0 Å². The number of methoxy groups -OCH3 is 2. The van der Waals surface area contributed by atoms with Gasteiger partial charge in [-0.2, -0.15) is 0 Å². The van der Waals surface area contributed by atoms with Gasteiger partial charge < -0.3 is 15.2 Å². The average Bonchev–Trinajstić information content (AvgIpc) is 2.33. The highest BCUT2D eigenvalue weighted by molar-refractivity contribution is 6.32. The summed E-state index contributed by atoms with van der Waals surface area (Å²) in [5.74, 6) is 1.62. The lowest BCUT2D eigenvalue weighted by Crippen LogP contribution is -2.44. The Labute approximate surface area is 120 Å².